The molecule has 1 unspecified atom stereocenters. The number of ether oxygens (including phenoxy) is 2. The van der Waals surface area contributed by atoms with Crippen molar-refractivity contribution in [2.24, 2.45) is 5.41 Å². The minimum absolute atomic E-state index is 0. The van der Waals surface area contributed by atoms with Crippen molar-refractivity contribution in [2.45, 2.75) is 63.1 Å². The van der Waals surface area contributed by atoms with Crippen LogP contribution < -0.4 is 20.9 Å². The highest BCUT2D eigenvalue weighted by atomic mass is 32.1. The summed E-state index contributed by atoms with van der Waals surface area (Å²) in [5.41, 5.74) is 0.636. The molecular formula is C49H56F2N8O10S. The van der Waals surface area contributed by atoms with Crippen LogP contribution in [-0.4, -0.2) is 150 Å². The van der Waals surface area contributed by atoms with Gasteiger partial charge in [0.15, 0.2) is 0 Å². The van der Waals surface area contributed by atoms with Crippen molar-refractivity contribution in [3.8, 4) is 0 Å². The third-order valence-electron chi connectivity index (χ3n) is 14.2. The molecule has 4 aromatic rings. The van der Waals surface area contributed by atoms with Gasteiger partial charge in [0.25, 0.3) is 29.5 Å². The molecule has 1 aromatic heterocycles. The minimum atomic E-state index is -2.35. The first-order chi connectivity index (χ1) is 33.2. The van der Waals surface area contributed by atoms with Gasteiger partial charge in [0.2, 0.25) is 17.4 Å². The van der Waals surface area contributed by atoms with Crippen LogP contribution in [0.2, 0.25) is 0 Å². The molecule has 21 heteroatoms. The first-order valence-electron chi connectivity index (χ1n) is 23.4. The number of rotatable bonds is 16. The number of carbonyl (C=O) groups excluding carboxylic acids is 7. The van der Waals surface area contributed by atoms with E-state index in [2.05, 4.69) is 25.8 Å². The molecule has 0 bridgehead atoms. The zero-order chi connectivity index (χ0) is 48.5. The van der Waals surface area contributed by atoms with Crippen LogP contribution >= 0.6 is 13.5 Å². The molecule has 0 radical (unpaired) electrons. The van der Waals surface area contributed by atoms with Gasteiger partial charge in [-0.1, -0.05) is 0 Å². The van der Waals surface area contributed by atoms with E-state index in [1.54, 1.807) is 42.5 Å². The molecule has 5 aliphatic rings. The van der Waals surface area contributed by atoms with Crippen LogP contribution in [0.25, 0.3) is 10.9 Å². The Morgan fingerprint density at radius 2 is 1.49 bits per heavy atom. The molecule has 4 saturated heterocycles. The summed E-state index contributed by atoms with van der Waals surface area (Å²) in [6, 6.07) is 13.6. The SMILES string of the molecule is O=C1CCC(N2C(=O)c3ccc(NCCOCCOCCN4CCC5(CC4)CCN(C(=O)c4cc6cc(N7CC[C@](O)(C(=O)NCc8cc(F)cc(F)c8)C7=O)ccc6[nH]4)CC5)cc3C2=O)C(=O)N1.S. The number of aromatic nitrogens is 1. The van der Waals surface area contributed by atoms with E-state index in [9.17, 15) is 47.4 Å². The Morgan fingerprint density at radius 3 is 2.21 bits per heavy atom. The van der Waals surface area contributed by atoms with Crippen molar-refractivity contribution in [3.63, 3.8) is 0 Å². The van der Waals surface area contributed by atoms with Gasteiger partial charge in [0.05, 0.1) is 37.6 Å². The highest BCUT2D eigenvalue weighted by Gasteiger charge is 2.52. The predicted molar refractivity (Wildman–Crippen MR) is 255 cm³/mol. The number of anilines is 2. The molecule has 5 N–H and O–H groups in total. The smallest absolute Gasteiger partial charge is 0.270 e. The van der Waals surface area contributed by atoms with Crippen molar-refractivity contribution in [1.82, 2.24) is 30.3 Å². The van der Waals surface area contributed by atoms with Gasteiger partial charge >= 0.3 is 0 Å². The Labute approximate surface area is 408 Å². The van der Waals surface area contributed by atoms with Crippen molar-refractivity contribution in [2.75, 3.05) is 82.5 Å². The molecule has 2 atom stereocenters. The number of H-pyrrole nitrogens is 1. The van der Waals surface area contributed by atoms with E-state index in [0.717, 1.165) is 62.4 Å². The summed E-state index contributed by atoms with van der Waals surface area (Å²) in [6.45, 7) is 6.11. The van der Waals surface area contributed by atoms with Gasteiger partial charge in [-0.05, 0) is 111 Å². The highest BCUT2D eigenvalue weighted by molar-refractivity contribution is 7.59. The number of amides is 7. The third kappa shape index (κ3) is 10.4. The van der Waals surface area contributed by atoms with Gasteiger partial charge in [0, 0.05) is 80.5 Å². The van der Waals surface area contributed by atoms with Gasteiger partial charge in [-0.15, -0.1) is 0 Å². The lowest BCUT2D eigenvalue weighted by Gasteiger charge is -2.46. The first kappa shape index (κ1) is 50.1. The standard InChI is InChI=1S/C49H54F2N8O10.H2S/c50-32-23-30(24-33(51)27-32)29-53-46(65)49(67)11-17-58(47(49)66)35-2-4-38-31(25-35)26-39(54-38)45(64)57-15-9-48(10-16-57)7-13-56(14-8-48)18-20-69-22-21-68-19-12-52-34-1-3-36-37(28-34)44(63)59(43(36)62)40-5-6-41(60)55-42(40)61;/h1-4,23-28,40,52,54,67H,5-22,29H2,(H,53,65)(H,55,60,61);1H2/t40?,49-;/m0./s1. The van der Waals surface area contributed by atoms with Gasteiger partial charge in [-0.2, -0.15) is 13.5 Å². The number of fused-ring (bicyclic) bond motifs is 2. The molecule has 18 nitrogen and oxygen atoms in total. The second kappa shape index (κ2) is 21.0. The van der Waals surface area contributed by atoms with Crippen LogP contribution in [0.1, 0.15) is 81.7 Å². The van der Waals surface area contributed by atoms with Crippen molar-refractivity contribution >= 4 is 77.1 Å². The second-order valence-electron chi connectivity index (χ2n) is 18.5. The fourth-order valence-corrected chi connectivity index (χ4v) is 10.1. The number of likely N-dealkylation sites (tertiary alicyclic amines) is 2. The molecule has 4 fully saturated rings. The second-order valence-corrected chi connectivity index (χ2v) is 18.5. The summed E-state index contributed by atoms with van der Waals surface area (Å²) in [4.78, 5) is 99.7. The lowest BCUT2D eigenvalue weighted by Crippen LogP contribution is -2.54. The lowest BCUT2D eigenvalue weighted by atomic mass is 9.71. The van der Waals surface area contributed by atoms with Crippen LogP contribution in [0.5, 0.6) is 0 Å². The summed E-state index contributed by atoms with van der Waals surface area (Å²) in [6.07, 6.45) is 3.91. The molecular weight excluding hydrogens is 931 g/mol. The fourth-order valence-electron chi connectivity index (χ4n) is 10.1. The molecule has 372 valence electrons. The zero-order valence-electron chi connectivity index (χ0n) is 38.5. The molecule has 7 amide bonds. The van der Waals surface area contributed by atoms with Crippen LogP contribution in [0.4, 0.5) is 20.2 Å². The first-order valence-corrected chi connectivity index (χ1v) is 23.4. The number of imide groups is 2. The molecule has 9 rings (SSSR count). The maximum Gasteiger partial charge on any atom is 0.270 e. The molecule has 0 aliphatic carbocycles. The maximum absolute atomic E-state index is 13.7. The quantitative estimate of drug-likeness (QED) is 0.0621. The van der Waals surface area contributed by atoms with E-state index in [4.69, 9.17) is 9.47 Å². The van der Waals surface area contributed by atoms with Crippen LogP contribution in [0, 0.1) is 17.0 Å². The molecule has 5 aliphatic heterocycles. The van der Waals surface area contributed by atoms with Crippen LogP contribution in [-0.2, 0) is 35.2 Å². The average Bonchev–Trinajstić information content (AvgIpc) is 3.98. The van der Waals surface area contributed by atoms with E-state index in [-0.39, 0.29) is 73.9 Å². The van der Waals surface area contributed by atoms with Gasteiger partial charge in [-0.25, -0.2) is 8.78 Å². The van der Waals surface area contributed by atoms with Gasteiger partial charge in [0.1, 0.15) is 23.4 Å². The molecule has 3 aromatic carbocycles. The summed E-state index contributed by atoms with van der Waals surface area (Å²) in [7, 11) is 0. The predicted octanol–water partition coefficient (Wildman–Crippen LogP) is 3.21. The molecule has 70 heavy (non-hydrogen) atoms. The highest BCUT2D eigenvalue weighted by Crippen LogP contribution is 2.42. The average molecular weight is 987 g/mol. The minimum Gasteiger partial charge on any atom is -0.383 e. The van der Waals surface area contributed by atoms with E-state index >= 15 is 0 Å². The fraction of sp³-hybridized carbons (Fsp3) is 0.449. The normalized spacial score (nSPS) is 21.3. The number of nitrogens with zero attached hydrogens (tertiary/aromatic N) is 4. The van der Waals surface area contributed by atoms with Crippen LogP contribution in [0.15, 0.2) is 60.7 Å². The monoisotopic (exact) mass is 986 g/mol. The summed E-state index contributed by atoms with van der Waals surface area (Å²) >= 11 is 0. The Balaban J connectivity index is 0.00000659. The third-order valence-corrected chi connectivity index (χ3v) is 14.2. The summed E-state index contributed by atoms with van der Waals surface area (Å²) < 4.78 is 38.8. The van der Waals surface area contributed by atoms with Crippen molar-refractivity contribution in [1.29, 1.82) is 0 Å². The molecule has 1 spiro atoms. The Morgan fingerprint density at radius 1 is 0.786 bits per heavy atom. The number of piperidine rings is 3. The molecule has 6 heterocycles. The molecule has 0 saturated carbocycles. The zero-order valence-corrected chi connectivity index (χ0v) is 39.5. The summed E-state index contributed by atoms with van der Waals surface area (Å²) in [5, 5.41) is 19.6. The summed E-state index contributed by atoms with van der Waals surface area (Å²) in [5.74, 6) is -5.67. The number of hydrogen-bond acceptors (Lipinski definition) is 12. The maximum atomic E-state index is 13.7. The van der Waals surface area contributed by atoms with E-state index in [0.29, 0.717) is 80.1 Å². The lowest BCUT2D eigenvalue weighted by molar-refractivity contribution is -0.149. The van der Waals surface area contributed by atoms with Crippen molar-refractivity contribution < 1.29 is 56.9 Å². The number of aliphatic hydroxyl groups is 1. The largest absolute Gasteiger partial charge is 0.383 e. The van der Waals surface area contributed by atoms with Gasteiger partial charge < -0.3 is 44.9 Å². The number of benzene rings is 3. The topological polar surface area (TPSA) is 223 Å². The Hall–Kier alpha value is -6.26. The Kier molecular flexibility index (Phi) is 15.0. The number of carbonyl (C=O) groups is 7. The Bertz CT molecular complexity index is 2680. The van der Waals surface area contributed by atoms with E-state index < -0.39 is 58.7 Å². The number of aromatic amines is 1. The van der Waals surface area contributed by atoms with E-state index in [1.807, 2.05) is 4.90 Å². The van der Waals surface area contributed by atoms with Crippen LogP contribution in [0.3, 0.4) is 0 Å². The van der Waals surface area contributed by atoms with Crippen molar-refractivity contribution in [3.05, 3.63) is 94.7 Å². The number of nitrogens with one attached hydrogen (secondary N) is 4. The van der Waals surface area contributed by atoms with Gasteiger partial charge in [-0.3, -0.25) is 43.8 Å². The number of hydrogen-bond donors (Lipinski definition) is 5. The number of halogens is 2. The van der Waals surface area contributed by atoms with E-state index in [1.165, 1.54) is 4.90 Å².